The third-order valence-corrected chi connectivity index (χ3v) is 3.80. The molecule has 0 unspecified atom stereocenters. The number of rotatable bonds is 6. The Bertz CT molecular complexity index is 494. The number of carbonyl (C=O) groups is 3. The first-order valence-corrected chi connectivity index (χ1v) is 7.01. The van der Waals surface area contributed by atoms with Crippen LogP contribution in [-0.2, 0) is 4.79 Å². The highest BCUT2D eigenvalue weighted by atomic mass is 32.2. The number of benzene rings is 1. The van der Waals surface area contributed by atoms with Gasteiger partial charge in [-0.05, 0) is 24.3 Å². The van der Waals surface area contributed by atoms with Gasteiger partial charge in [-0.1, -0.05) is 12.1 Å². The number of hydrogen-bond donors (Lipinski definition) is 1. The van der Waals surface area contributed by atoms with Gasteiger partial charge in [0, 0.05) is 6.54 Å². The summed E-state index contributed by atoms with van der Waals surface area (Å²) in [6.45, 7) is 0.332. The van der Waals surface area contributed by atoms with Crippen molar-refractivity contribution in [3.05, 3.63) is 35.4 Å². The molecule has 5 nitrogen and oxygen atoms in total. The molecule has 1 aromatic rings. The van der Waals surface area contributed by atoms with E-state index in [0.717, 1.165) is 0 Å². The van der Waals surface area contributed by atoms with Gasteiger partial charge in [0.2, 0.25) is 0 Å². The van der Waals surface area contributed by atoms with Gasteiger partial charge in [-0.3, -0.25) is 19.3 Å². The summed E-state index contributed by atoms with van der Waals surface area (Å²) >= 11 is 1.28. The van der Waals surface area contributed by atoms with E-state index >= 15 is 0 Å². The zero-order chi connectivity index (χ0) is 13.8. The van der Waals surface area contributed by atoms with E-state index in [2.05, 4.69) is 0 Å². The zero-order valence-corrected chi connectivity index (χ0v) is 11.0. The summed E-state index contributed by atoms with van der Waals surface area (Å²) in [4.78, 5) is 35.5. The molecular formula is C13H13NO4S. The Kier molecular flexibility index (Phi) is 4.21. The first kappa shape index (κ1) is 13.6. The van der Waals surface area contributed by atoms with Gasteiger partial charge in [-0.25, -0.2) is 0 Å². The number of fused-ring (bicyclic) bond motifs is 1. The van der Waals surface area contributed by atoms with Crippen LogP contribution < -0.4 is 0 Å². The van der Waals surface area contributed by atoms with Gasteiger partial charge < -0.3 is 5.11 Å². The number of imide groups is 1. The number of carbonyl (C=O) groups excluding carboxylic acids is 2. The normalized spacial score (nSPS) is 13.8. The average molecular weight is 279 g/mol. The lowest BCUT2D eigenvalue weighted by atomic mass is 10.1. The number of thioether (sulfide) groups is 1. The SMILES string of the molecule is O=C(O)CSCCCN1C(=O)c2ccccc2C1=O. The minimum absolute atomic E-state index is 0.0438. The first-order valence-electron chi connectivity index (χ1n) is 5.86. The lowest BCUT2D eigenvalue weighted by molar-refractivity contribution is -0.133. The Labute approximate surface area is 114 Å². The van der Waals surface area contributed by atoms with Gasteiger partial charge >= 0.3 is 5.97 Å². The molecule has 0 saturated carbocycles. The molecule has 19 heavy (non-hydrogen) atoms. The molecule has 0 bridgehead atoms. The highest BCUT2D eigenvalue weighted by Crippen LogP contribution is 2.22. The number of nitrogens with zero attached hydrogens (tertiary/aromatic N) is 1. The van der Waals surface area contributed by atoms with Crippen molar-refractivity contribution >= 4 is 29.5 Å². The van der Waals surface area contributed by atoms with Crippen molar-refractivity contribution in [2.75, 3.05) is 18.1 Å². The fourth-order valence-electron chi connectivity index (χ4n) is 1.93. The molecule has 0 fully saturated rings. The van der Waals surface area contributed by atoms with Gasteiger partial charge in [-0.2, -0.15) is 11.8 Å². The van der Waals surface area contributed by atoms with Gasteiger partial charge in [0.25, 0.3) is 11.8 Å². The molecule has 1 heterocycles. The third kappa shape index (κ3) is 2.96. The molecule has 1 aliphatic rings. The third-order valence-electron chi connectivity index (χ3n) is 2.77. The average Bonchev–Trinajstić information content (AvgIpc) is 2.63. The van der Waals surface area contributed by atoms with E-state index in [9.17, 15) is 14.4 Å². The van der Waals surface area contributed by atoms with Gasteiger partial charge in [-0.15, -0.1) is 0 Å². The van der Waals surface area contributed by atoms with Crippen LogP contribution in [0.15, 0.2) is 24.3 Å². The van der Waals surface area contributed by atoms with E-state index in [0.29, 0.717) is 29.8 Å². The predicted molar refractivity (Wildman–Crippen MR) is 71.4 cm³/mol. The van der Waals surface area contributed by atoms with Crippen molar-refractivity contribution in [1.82, 2.24) is 4.90 Å². The summed E-state index contributed by atoms with van der Waals surface area (Å²) in [6.07, 6.45) is 0.601. The summed E-state index contributed by atoms with van der Waals surface area (Å²) in [7, 11) is 0. The lowest BCUT2D eigenvalue weighted by Gasteiger charge is -2.12. The molecule has 0 atom stereocenters. The minimum Gasteiger partial charge on any atom is -0.481 e. The summed E-state index contributed by atoms with van der Waals surface area (Å²) < 4.78 is 0. The summed E-state index contributed by atoms with van der Waals surface area (Å²) in [5.41, 5.74) is 0.899. The van der Waals surface area contributed by atoms with Crippen LogP contribution in [0.3, 0.4) is 0 Å². The van der Waals surface area contributed by atoms with Crippen LogP contribution in [-0.4, -0.2) is 45.8 Å². The maximum absolute atomic E-state index is 12.0. The van der Waals surface area contributed by atoms with Crippen LogP contribution in [0.2, 0.25) is 0 Å². The molecule has 6 heteroatoms. The molecule has 100 valence electrons. The molecule has 1 aliphatic heterocycles. The molecule has 0 aromatic heterocycles. The van der Waals surface area contributed by atoms with Gasteiger partial charge in [0.15, 0.2) is 0 Å². The Morgan fingerprint density at radius 1 is 1.16 bits per heavy atom. The van der Waals surface area contributed by atoms with Crippen molar-refractivity contribution in [3.63, 3.8) is 0 Å². The topological polar surface area (TPSA) is 74.7 Å². The molecule has 0 saturated heterocycles. The Balaban J connectivity index is 1.88. The van der Waals surface area contributed by atoms with E-state index in [1.54, 1.807) is 24.3 Å². The van der Waals surface area contributed by atoms with E-state index in [1.807, 2.05) is 0 Å². The number of carboxylic acid groups (broad SMARTS) is 1. The second-order valence-corrected chi connectivity index (χ2v) is 5.21. The van der Waals surface area contributed by atoms with E-state index in [-0.39, 0.29) is 17.6 Å². The quantitative estimate of drug-likeness (QED) is 0.631. The number of hydrogen-bond acceptors (Lipinski definition) is 4. The number of amides is 2. The van der Waals surface area contributed by atoms with E-state index < -0.39 is 5.97 Å². The number of aliphatic carboxylic acids is 1. The molecule has 2 rings (SSSR count). The Morgan fingerprint density at radius 2 is 1.74 bits per heavy atom. The second kappa shape index (κ2) is 5.88. The summed E-state index contributed by atoms with van der Waals surface area (Å²) in [6, 6.07) is 6.76. The number of carboxylic acids is 1. The second-order valence-electron chi connectivity index (χ2n) is 4.11. The maximum Gasteiger partial charge on any atom is 0.313 e. The van der Waals surface area contributed by atoms with Crippen molar-refractivity contribution < 1.29 is 19.5 Å². The largest absolute Gasteiger partial charge is 0.481 e. The Hall–Kier alpha value is -1.82. The van der Waals surface area contributed by atoms with Gasteiger partial charge in [0.1, 0.15) is 0 Å². The van der Waals surface area contributed by atoms with Crippen LogP contribution in [0, 0.1) is 0 Å². The van der Waals surface area contributed by atoms with Crippen LogP contribution >= 0.6 is 11.8 Å². The molecule has 1 aromatic carbocycles. The standard InChI is InChI=1S/C13H13NO4S/c15-11(16)8-19-7-3-6-14-12(17)9-4-1-2-5-10(9)13(14)18/h1-2,4-5H,3,6-8H2,(H,15,16). The summed E-state index contributed by atoms with van der Waals surface area (Å²) in [5, 5.41) is 8.49. The van der Waals surface area contributed by atoms with Crippen molar-refractivity contribution in [1.29, 1.82) is 0 Å². The predicted octanol–water partition coefficient (Wildman–Crippen LogP) is 1.49. The van der Waals surface area contributed by atoms with Gasteiger partial charge in [0.05, 0.1) is 16.9 Å². The molecule has 1 N–H and O–H groups in total. The van der Waals surface area contributed by atoms with Crippen LogP contribution in [0.25, 0.3) is 0 Å². The Morgan fingerprint density at radius 3 is 2.26 bits per heavy atom. The van der Waals surface area contributed by atoms with Crippen molar-refractivity contribution in [3.8, 4) is 0 Å². The fraction of sp³-hybridized carbons (Fsp3) is 0.308. The lowest BCUT2D eigenvalue weighted by Crippen LogP contribution is -2.31. The highest BCUT2D eigenvalue weighted by molar-refractivity contribution is 7.99. The smallest absolute Gasteiger partial charge is 0.313 e. The van der Waals surface area contributed by atoms with E-state index in [1.165, 1.54) is 16.7 Å². The van der Waals surface area contributed by atoms with E-state index in [4.69, 9.17) is 5.11 Å². The van der Waals surface area contributed by atoms with Crippen molar-refractivity contribution in [2.24, 2.45) is 0 Å². The van der Waals surface area contributed by atoms with Crippen LogP contribution in [0.5, 0.6) is 0 Å². The van der Waals surface area contributed by atoms with Crippen LogP contribution in [0.4, 0.5) is 0 Å². The maximum atomic E-state index is 12.0. The zero-order valence-electron chi connectivity index (χ0n) is 10.2. The first-order chi connectivity index (χ1) is 9.11. The molecule has 0 aliphatic carbocycles. The summed E-state index contributed by atoms with van der Waals surface area (Å²) in [5.74, 6) is -0.722. The van der Waals surface area contributed by atoms with Crippen LogP contribution in [0.1, 0.15) is 27.1 Å². The van der Waals surface area contributed by atoms with Crippen molar-refractivity contribution in [2.45, 2.75) is 6.42 Å². The monoisotopic (exact) mass is 279 g/mol. The highest BCUT2D eigenvalue weighted by Gasteiger charge is 2.34. The minimum atomic E-state index is -0.856. The fourth-order valence-corrected chi connectivity index (χ4v) is 2.58. The molecule has 0 radical (unpaired) electrons. The molecule has 2 amide bonds. The molecule has 0 spiro atoms. The molecular weight excluding hydrogens is 266 g/mol.